The highest BCUT2D eigenvalue weighted by atomic mass is 16.5. The third kappa shape index (κ3) is 8.27. The molecule has 0 saturated carbocycles. The molecule has 3 aromatic rings. The molecule has 0 atom stereocenters. The van der Waals surface area contributed by atoms with Crippen molar-refractivity contribution < 1.29 is 23.8 Å². The van der Waals surface area contributed by atoms with E-state index in [4.69, 9.17) is 14.2 Å². The summed E-state index contributed by atoms with van der Waals surface area (Å²) in [5.41, 5.74) is 5.43. The summed E-state index contributed by atoms with van der Waals surface area (Å²) in [5, 5.41) is 0. The normalized spacial score (nSPS) is 14.3. The number of carbonyl (C=O) groups is 2. The number of benzene rings is 3. The van der Waals surface area contributed by atoms with E-state index in [0.29, 0.717) is 33.8 Å². The largest absolute Gasteiger partial charge is 0.487 e. The molecule has 52 heavy (non-hydrogen) atoms. The Morgan fingerprint density at radius 3 is 1.40 bits per heavy atom. The van der Waals surface area contributed by atoms with Gasteiger partial charge in [-0.1, -0.05) is 97.0 Å². The van der Waals surface area contributed by atoms with Crippen LogP contribution in [-0.4, -0.2) is 35.5 Å². The Balaban J connectivity index is 1.44. The van der Waals surface area contributed by atoms with Crippen LogP contribution in [0.1, 0.15) is 127 Å². The van der Waals surface area contributed by atoms with Gasteiger partial charge < -0.3 is 14.2 Å². The average Bonchev–Trinajstić information content (AvgIpc) is 3.32. The van der Waals surface area contributed by atoms with Crippen molar-refractivity contribution in [1.29, 1.82) is 0 Å². The summed E-state index contributed by atoms with van der Waals surface area (Å²) in [4.78, 5) is 26.9. The molecule has 4 rings (SSSR count). The number of hydrogen-bond donors (Lipinski definition) is 0. The van der Waals surface area contributed by atoms with Gasteiger partial charge in [-0.15, -0.1) is 5.73 Å². The summed E-state index contributed by atoms with van der Waals surface area (Å²) in [6.45, 7) is 27.4. The van der Waals surface area contributed by atoms with Crippen LogP contribution < -0.4 is 4.74 Å². The second kappa shape index (κ2) is 14.5. The van der Waals surface area contributed by atoms with Crippen LogP contribution in [0.3, 0.4) is 0 Å². The number of ketones is 2. The Morgan fingerprint density at radius 2 is 0.942 bits per heavy atom. The van der Waals surface area contributed by atoms with E-state index in [9.17, 15) is 9.59 Å². The maximum Gasteiger partial charge on any atom is 0.193 e. The standard InChI is InChI=1S/C47H58O5/c1-42(2,3)45(8,9)51-38-17-15-16-32(22-29-38)40(48)33-20-27-37(28-21-33)44(6,7)47(12,13)52-39-30-23-35(24-31-39)41(49)34-18-25-36(26-19-34)43(4,5)46(10,11)50-14/h16-31H,1-14H3. The number of hydrogen-bond acceptors (Lipinski definition) is 5. The van der Waals surface area contributed by atoms with E-state index in [1.807, 2.05) is 78.9 Å². The van der Waals surface area contributed by atoms with Gasteiger partial charge >= 0.3 is 0 Å². The molecule has 1 aliphatic rings. The molecule has 5 heteroatoms. The van der Waals surface area contributed by atoms with Crippen LogP contribution in [0.4, 0.5) is 0 Å². The topological polar surface area (TPSA) is 61.8 Å². The molecular formula is C47H58O5. The third-order valence-electron chi connectivity index (χ3n) is 12.1. The molecule has 276 valence electrons. The van der Waals surface area contributed by atoms with Crippen molar-refractivity contribution in [1.82, 2.24) is 0 Å². The van der Waals surface area contributed by atoms with Crippen molar-refractivity contribution in [3.05, 3.63) is 142 Å². The Labute approximate surface area is 312 Å². The van der Waals surface area contributed by atoms with Crippen LogP contribution in [0.2, 0.25) is 0 Å². The zero-order valence-electron chi connectivity index (χ0n) is 33.8. The molecule has 0 bridgehead atoms. The number of Topliss-reactive ketones (excluding diaryl/α,β-unsaturated/α-hetero) is 1. The molecule has 0 radical (unpaired) electrons. The van der Waals surface area contributed by atoms with E-state index in [-0.39, 0.29) is 28.0 Å². The average molecular weight is 703 g/mol. The summed E-state index contributed by atoms with van der Waals surface area (Å²) in [6, 6.07) is 22.9. The van der Waals surface area contributed by atoms with E-state index in [2.05, 4.69) is 95.7 Å². The minimum Gasteiger partial charge on any atom is -0.487 e. The highest BCUT2D eigenvalue weighted by Crippen LogP contribution is 2.40. The molecule has 0 spiro atoms. The molecule has 0 saturated heterocycles. The summed E-state index contributed by atoms with van der Waals surface area (Å²) < 4.78 is 18.6. The lowest BCUT2D eigenvalue weighted by molar-refractivity contribution is -0.0475. The predicted molar refractivity (Wildman–Crippen MR) is 212 cm³/mol. The first-order valence-electron chi connectivity index (χ1n) is 18.1. The first-order valence-corrected chi connectivity index (χ1v) is 18.1. The van der Waals surface area contributed by atoms with Crippen molar-refractivity contribution in [2.75, 3.05) is 7.11 Å². The maximum absolute atomic E-state index is 13.5. The van der Waals surface area contributed by atoms with Gasteiger partial charge in [0.2, 0.25) is 0 Å². The van der Waals surface area contributed by atoms with Gasteiger partial charge in [0.1, 0.15) is 22.7 Å². The minimum atomic E-state index is -0.637. The molecular weight excluding hydrogens is 645 g/mol. The van der Waals surface area contributed by atoms with Gasteiger partial charge in [-0.2, -0.15) is 0 Å². The van der Waals surface area contributed by atoms with Gasteiger partial charge in [-0.25, -0.2) is 0 Å². The second-order valence-corrected chi connectivity index (χ2v) is 17.4. The third-order valence-corrected chi connectivity index (χ3v) is 12.1. The van der Waals surface area contributed by atoms with Crippen molar-refractivity contribution in [2.45, 2.75) is 118 Å². The second-order valence-electron chi connectivity index (χ2n) is 17.4. The molecule has 5 nitrogen and oxygen atoms in total. The Kier molecular flexibility index (Phi) is 11.3. The molecule has 0 unspecified atom stereocenters. The quantitative estimate of drug-likeness (QED) is 0.131. The molecule has 0 heterocycles. The van der Waals surface area contributed by atoms with Gasteiger partial charge in [0.05, 0.1) is 5.60 Å². The monoisotopic (exact) mass is 702 g/mol. The Bertz CT molecular complexity index is 1900. The van der Waals surface area contributed by atoms with Crippen molar-refractivity contribution in [3.8, 4) is 5.75 Å². The van der Waals surface area contributed by atoms with Crippen LogP contribution in [0.15, 0.2) is 114 Å². The summed E-state index contributed by atoms with van der Waals surface area (Å²) in [7, 11) is 1.72. The molecule has 3 aromatic carbocycles. The van der Waals surface area contributed by atoms with Gasteiger partial charge in [-0.3, -0.25) is 9.59 Å². The van der Waals surface area contributed by atoms with E-state index >= 15 is 0 Å². The summed E-state index contributed by atoms with van der Waals surface area (Å²) >= 11 is 0. The fraction of sp³-hybridized carbons (Fsp3) is 0.426. The van der Waals surface area contributed by atoms with Crippen LogP contribution in [-0.2, 0) is 20.3 Å². The number of carbonyl (C=O) groups excluding carboxylic acids is 2. The van der Waals surface area contributed by atoms with E-state index in [1.54, 1.807) is 25.3 Å². The fourth-order valence-electron chi connectivity index (χ4n) is 5.59. The highest BCUT2D eigenvalue weighted by Gasteiger charge is 2.41. The number of rotatable bonds is 13. The van der Waals surface area contributed by atoms with Gasteiger partial charge in [0.25, 0.3) is 0 Å². The predicted octanol–water partition coefficient (Wildman–Crippen LogP) is 11.3. The fourth-order valence-corrected chi connectivity index (χ4v) is 5.59. The molecule has 1 aliphatic carbocycles. The van der Waals surface area contributed by atoms with Crippen LogP contribution in [0, 0.1) is 5.41 Å². The smallest absolute Gasteiger partial charge is 0.193 e. The molecule has 0 N–H and O–H groups in total. The minimum absolute atomic E-state index is 0.0449. The zero-order chi connectivity index (χ0) is 38.9. The molecule has 0 aliphatic heterocycles. The summed E-state index contributed by atoms with van der Waals surface area (Å²) in [5.74, 6) is 1.20. The zero-order valence-corrected chi connectivity index (χ0v) is 33.8. The van der Waals surface area contributed by atoms with Crippen molar-refractivity contribution in [3.63, 3.8) is 0 Å². The van der Waals surface area contributed by atoms with Crippen LogP contribution in [0.5, 0.6) is 5.75 Å². The maximum atomic E-state index is 13.5. The van der Waals surface area contributed by atoms with Gasteiger partial charge in [0.15, 0.2) is 11.6 Å². The number of methoxy groups -OCH3 is 1. The van der Waals surface area contributed by atoms with Gasteiger partial charge in [0, 0.05) is 51.7 Å². The Hall–Kier alpha value is -4.44. The number of ether oxygens (including phenoxy) is 3. The van der Waals surface area contributed by atoms with Crippen molar-refractivity contribution in [2.24, 2.45) is 5.41 Å². The molecule has 0 amide bonds. The lowest BCUT2D eigenvalue weighted by Gasteiger charge is -2.42. The SMILES string of the molecule is COC(C)(C)C(C)(C)c1ccc(C(=O)c2ccc(OC(C)(C)C(C)(C)c3ccc(C(=O)C4=CC=C(OC(C)(C)C(C)(C)C)C=C=C4)cc3)cc2)cc1. The molecule has 0 aromatic heterocycles. The van der Waals surface area contributed by atoms with E-state index < -0.39 is 16.6 Å². The van der Waals surface area contributed by atoms with Gasteiger partial charge in [-0.05, 0) is 95.2 Å². The summed E-state index contributed by atoms with van der Waals surface area (Å²) in [6.07, 6.45) is 7.10. The Morgan fingerprint density at radius 1 is 0.500 bits per heavy atom. The highest BCUT2D eigenvalue weighted by molar-refractivity contribution is 6.11. The number of allylic oxidation sites excluding steroid dienone is 4. The molecule has 0 fully saturated rings. The first-order chi connectivity index (χ1) is 23.9. The lowest BCUT2D eigenvalue weighted by Crippen LogP contribution is -2.47. The van der Waals surface area contributed by atoms with E-state index in [0.717, 1.165) is 11.1 Å². The van der Waals surface area contributed by atoms with Crippen LogP contribution in [0.25, 0.3) is 0 Å². The van der Waals surface area contributed by atoms with E-state index in [1.165, 1.54) is 0 Å². The first kappa shape index (κ1) is 40.3. The van der Waals surface area contributed by atoms with Crippen LogP contribution >= 0.6 is 0 Å². The lowest BCUT2D eigenvalue weighted by atomic mass is 9.71. The van der Waals surface area contributed by atoms with Crippen molar-refractivity contribution >= 4 is 11.6 Å².